The van der Waals surface area contributed by atoms with E-state index in [0.717, 1.165) is 0 Å². The highest BCUT2D eigenvalue weighted by molar-refractivity contribution is 7.19. The molecule has 1 unspecified atom stereocenters. The van der Waals surface area contributed by atoms with Crippen LogP contribution in [-0.2, 0) is 0 Å². The quantitative estimate of drug-likeness (QED) is 0.795. The summed E-state index contributed by atoms with van der Waals surface area (Å²) in [5.41, 5.74) is 1.37. The number of thiophene rings is 1. The van der Waals surface area contributed by atoms with Gasteiger partial charge in [-0.05, 0) is 30.0 Å². The molecule has 2 nitrogen and oxygen atoms in total. The van der Waals surface area contributed by atoms with Crippen LogP contribution >= 0.6 is 11.3 Å². The minimum absolute atomic E-state index is 0.273. The summed E-state index contributed by atoms with van der Waals surface area (Å²) in [6.07, 6.45) is 5.71. The number of hydrogen-bond donors (Lipinski definition) is 1. The fraction of sp³-hybridized carbons (Fsp3) is 0.154. The Balaban J connectivity index is 2.13. The third-order valence-electron chi connectivity index (χ3n) is 2.86. The molecule has 0 saturated carbocycles. The largest absolute Gasteiger partial charge is 0.365 e. The second kappa shape index (κ2) is 3.76. The molecule has 0 amide bonds. The van der Waals surface area contributed by atoms with Gasteiger partial charge in [-0.15, -0.1) is 11.3 Å². The molecule has 16 heavy (non-hydrogen) atoms. The van der Waals surface area contributed by atoms with E-state index < -0.39 is 0 Å². The van der Waals surface area contributed by atoms with Crippen molar-refractivity contribution in [3.05, 3.63) is 47.0 Å². The first kappa shape index (κ1) is 9.60. The molecule has 1 N–H and O–H groups in total. The van der Waals surface area contributed by atoms with E-state index in [4.69, 9.17) is 0 Å². The summed E-state index contributed by atoms with van der Waals surface area (Å²) < 4.78 is 1.35. The van der Waals surface area contributed by atoms with Gasteiger partial charge in [0.25, 0.3) is 0 Å². The lowest BCUT2D eigenvalue weighted by Crippen LogP contribution is -2.19. The molecule has 0 fully saturated rings. The first-order valence-corrected chi connectivity index (χ1v) is 6.10. The van der Waals surface area contributed by atoms with E-state index in [1.54, 1.807) is 6.34 Å². The van der Waals surface area contributed by atoms with Crippen LogP contribution in [0.5, 0.6) is 0 Å². The van der Waals surface area contributed by atoms with Gasteiger partial charge in [0.1, 0.15) is 0 Å². The van der Waals surface area contributed by atoms with E-state index in [-0.39, 0.29) is 6.04 Å². The standard InChI is InChI=1S/C13H12N2S/c1-9-10-4-2-3-5-12(10)16-13(9)11-6-7-14-8-15-11/h2-8,11H,1H3,(H,14,15). The van der Waals surface area contributed by atoms with E-state index in [1.165, 1.54) is 20.5 Å². The molecular weight excluding hydrogens is 216 g/mol. The molecule has 0 spiro atoms. The maximum absolute atomic E-state index is 4.02. The fourth-order valence-corrected chi connectivity index (χ4v) is 3.26. The Morgan fingerprint density at radius 2 is 2.19 bits per heavy atom. The summed E-state index contributed by atoms with van der Waals surface area (Å²) in [4.78, 5) is 5.40. The maximum Gasteiger partial charge on any atom is 0.0886 e. The molecule has 3 rings (SSSR count). The Morgan fingerprint density at radius 1 is 1.31 bits per heavy atom. The SMILES string of the molecule is Cc1c(C2C=CN=CN2)sc2ccccc12. The number of hydrogen-bond acceptors (Lipinski definition) is 3. The predicted octanol–water partition coefficient (Wildman–Crippen LogP) is 3.40. The zero-order valence-corrected chi connectivity index (χ0v) is 9.79. The molecule has 0 aliphatic carbocycles. The minimum atomic E-state index is 0.273. The van der Waals surface area contributed by atoms with Crippen LogP contribution in [-0.4, -0.2) is 6.34 Å². The molecule has 0 bridgehead atoms. The first-order valence-electron chi connectivity index (χ1n) is 5.28. The molecule has 3 heteroatoms. The molecule has 0 radical (unpaired) electrons. The van der Waals surface area contributed by atoms with E-state index in [2.05, 4.69) is 47.6 Å². The molecular formula is C13H12N2S. The molecule has 2 aromatic rings. The van der Waals surface area contributed by atoms with Crippen LogP contribution in [0.4, 0.5) is 0 Å². The lowest BCUT2D eigenvalue weighted by Gasteiger charge is -2.14. The van der Waals surface area contributed by atoms with Gasteiger partial charge >= 0.3 is 0 Å². The van der Waals surface area contributed by atoms with Crippen LogP contribution in [0, 0.1) is 6.92 Å². The van der Waals surface area contributed by atoms with Crippen molar-refractivity contribution in [3.63, 3.8) is 0 Å². The Kier molecular flexibility index (Phi) is 2.26. The number of benzene rings is 1. The molecule has 2 heterocycles. The van der Waals surface area contributed by atoms with E-state index in [9.17, 15) is 0 Å². The maximum atomic E-state index is 4.02. The van der Waals surface area contributed by atoms with Gasteiger partial charge in [0.2, 0.25) is 0 Å². The molecule has 1 aliphatic heterocycles. The third kappa shape index (κ3) is 1.44. The Hall–Kier alpha value is -1.61. The zero-order valence-electron chi connectivity index (χ0n) is 8.97. The van der Waals surface area contributed by atoms with Crippen molar-refractivity contribution in [3.8, 4) is 0 Å². The summed E-state index contributed by atoms with van der Waals surface area (Å²) in [6.45, 7) is 2.19. The third-order valence-corrected chi connectivity index (χ3v) is 4.21. The van der Waals surface area contributed by atoms with Gasteiger partial charge in [0.05, 0.1) is 12.4 Å². The van der Waals surface area contributed by atoms with Crippen molar-refractivity contribution in [1.29, 1.82) is 0 Å². The topological polar surface area (TPSA) is 24.4 Å². The number of aryl methyl sites for hydroxylation is 1. The monoisotopic (exact) mass is 228 g/mol. The Labute approximate surface area is 98.3 Å². The normalized spacial score (nSPS) is 18.9. The van der Waals surface area contributed by atoms with Crippen molar-refractivity contribution in [1.82, 2.24) is 5.32 Å². The molecule has 1 aromatic heterocycles. The van der Waals surface area contributed by atoms with Crippen LogP contribution in [0.1, 0.15) is 16.5 Å². The Morgan fingerprint density at radius 3 is 2.94 bits per heavy atom. The number of nitrogens with one attached hydrogen (secondary N) is 1. The first-order chi connectivity index (χ1) is 7.86. The van der Waals surface area contributed by atoms with Gasteiger partial charge in [-0.3, -0.25) is 0 Å². The molecule has 1 aromatic carbocycles. The average Bonchev–Trinajstić information content (AvgIpc) is 2.69. The highest BCUT2D eigenvalue weighted by Gasteiger charge is 2.15. The van der Waals surface area contributed by atoms with Gasteiger partial charge in [-0.2, -0.15) is 0 Å². The predicted molar refractivity (Wildman–Crippen MR) is 70.1 cm³/mol. The average molecular weight is 228 g/mol. The number of fused-ring (bicyclic) bond motifs is 1. The fourth-order valence-electron chi connectivity index (χ4n) is 2.01. The highest BCUT2D eigenvalue weighted by Crippen LogP contribution is 2.35. The van der Waals surface area contributed by atoms with Crippen molar-refractivity contribution >= 4 is 27.8 Å². The lowest BCUT2D eigenvalue weighted by molar-refractivity contribution is 0.802. The molecule has 1 atom stereocenters. The van der Waals surface area contributed by atoms with E-state index >= 15 is 0 Å². The van der Waals surface area contributed by atoms with Crippen LogP contribution in [0.2, 0.25) is 0 Å². The number of aliphatic imine (C=N–C) groups is 1. The van der Waals surface area contributed by atoms with Crippen LogP contribution < -0.4 is 5.32 Å². The number of rotatable bonds is 1. The van der Waals surface area contributed by atoms with Crippen LogP contribution in [0.3, 0.4) is 0 Å². The summed E-state index contributed by atoms with van der Waals surface area (Å²) in [5.74, 6) is 0. The van der Waals surface area contributed by atoms with Crippen molar-refractivity contribution in [2.45, 2.75) is 13.0 Å². The van der Waals surface area contributed by atoms with Gasteiger partial charge in [-0.25, -0.2) is 4.99 Å². The van der Waals surface area contributed by atoms with Gasteiger partial charge in [0.15, 0.2) is 0 Å². The lowest BCUT2D eigenvalue weighted by atomic mass is 10.1. The zero-order chi connectivity index (χ0) is 11.0. The highest BCUT2D eigenvalue weighted by atomic mass is 32.1. The number of nitrogens with zero attached hydrogens (tertiary/aromatic N) is 1. The van der Waals surface area contributed by atoms with Crippen LogP contribution in [0.25, 0.3) is 10.1 Å². The molecule has 1 aliphatic rings. The van der Waals surface area contributed by atoms with Crippen LogP contribution in [0.15, 0.2) is 41.5 Å². The van der Waals surface area contributed by atoms with Crippen molar-refractivity contribution < 1.29 is 0 Å². The van der Waals surface area contributed by atoms with Gasteiger partial charge in [0, 0.05) is 15.8 Å². The van der Waals surface area contributed by atoms with E-state index in [1.807, 2.05) is 17.5 Å². The molecule has 80 valence electrons. The smallest absolute Gasteiger partial charge is 0.0886 e. The minimum Gasteiger partial charge on any atom is -0.365 e. The molecule has 0 saturated heterocycles. The second-order valence-electron chi connectivity index (χ2n) is 3.85. The Bertz CT molecular complexity index is 581. The van der Waals surface area contributed by atoms with Gasteiger partial charge in [-0.1, -0.05) is 18.2 Å². The second-order valence-corrected chi connectivity index (χ2v) is 4.94. The van der Waals surface area contributed by atoms with Crippen molar-refractivity contribution in [2.75, 3.05) is 0 Å². The summed E-state index contributed by atoms with van der Waals surface area (Å²) in [7, 11) is 0. The van der Waals surface area contributed by atoms with Crippen molar-refractivity contribution in [2.24, 2.45) is 4.99 Å². The summed E-state index contributed by atoms with van der Waals surface area (Å²) in [5, 5.41) is 4.63. The van der Waals surface area contributed by atoms with E-state index in [0.29, 0.717) is 0 Å². The summed E-state index contributed by atoms with van der Waals surface area (Å²) >= 11 is 1.85. The summed E-state index contributed by atoms with van der Waals surface area (Å²) in [6, 6.07) is 8.82. The van der Waals surface area contributed by atoms with Gasteiger partial charge < -0.3 is 5.32 Å².